The van der Waals surface area contributed by atoms with Gasteiger partial charge < -0.3 is 14.8 Å². The van der Waals surface area contributed by atoms with Crippen LogP contribution >= 0.6 is 23.2 Å². The number of carbonyl (C=O) groups excluding carboxylic acids is 1. The highest BCUT2D eigenvalue weighted by molar-refractivity contribution is 7.89. The Morgan fingerprint density at radius 1 is 1.03 bits per heavy atom. The first kappa shape index (κ1) is 28.6. The Kier molecular flexibility index (Phi) is 10.7. The van der Waals surface area contributed by atoms with E-state index in [9.17, 15) is 13.2 Å². The Morgan fingerprint density at radius 3 is 2.42 bits per heavy atom. The van der Waals surface area contributed by atoms with Crippen LogP contribution in [-0.2, 0) is 27.8 Å². The number of nitrogens with one attached hydrogen (secondary N) is 2. The third-order valence-corrected chi connectivity index (χ3v) is 8.52. The number of carbonyl (C=O) groups is 1. The van der Waals surface area contributed by atoms with Crippen molar-refractivity contribution in [3.05, 3.63) is 57.6 Å². The standard InChI is InChI=1S/C26H34Cl2N2O5S/c1-3-36(32,33)30-25(20-7-5-4-6-8-20)26(31)29-14-13-18-10-12-23(24(16-18)34-2)35-17-19-9-11-21(27)22(28)15-19/h9-12,15-16,20,25,30H,3-8,13-14,17H2,1-2H3,(H,29,31)/t25-/m1/s1. The predicted molar refractivity (Wildman–Crippen MR) is 143 cm³/mol. The number of halogens is 2. The van der Waals surface area contributed by atoms with E-state index in [2.05, 4.69) is 10.0 Å². The van der Waals surface area contributed by atoms with Gasteiger partial charge >= 0.3 is 0 Å². The molecule has 0 spiro atoms. The van der Waals surface area contributed by atoms with Gasteiger partial charge in [0.25, 0.3) is 0 Å². The summed E-state index contributed by atoms with van der Waals surface area (Å²) in [6, 6.07) is 10.2. The zero-order valence-electron chi connectivity index (χ0n) is 20.7. The van der Waals surface area contributed by atoms with Crippen LogP contribution in [0.15, 0.2) is 36.4 Å². The average molecular weight is 558 g/mol. The summed E-state index contributed by atoms with van der Waals surface area (Å²) in [5, 5.41) is 3.88. The first-order chi connectivity index (χ1) is 17.2. The molecule has 0 aromatic heterocycles. The molecular formula is C26H34Cl2N2O5S. The number of hydrogen-bond acceptors (Lipinski definition) is 5. The van der Waals surface area contributed by atoms with Crippen molar-refractivity contribution in [1.29, 1.82) is 0 Å². The fraction of sp³-hybridized carbons (Fsp3) is 0.500. The third-order valence-electron chi connectivity index (χ3n) is 6.41. The van der Waals surface area contributed by atoms with Gasteiger partial charge in [0.05, 0.1) is 22.9 Å². The minimum atomic E-state index is -3.49. The predicted octanol–water partition coefficient (Wildman–Crippen LogP) is 5.13. The maximum Gasteiger partial charge on any atom is 0.238 e. The summed E-state index contributed by atoms with van der Waals surface area (Å²) in [6.07, 6.45) is 5.42. The maximum atomic E-state index is 13.0. The van der Waals surface area contributed by atoms with Crippen molar-refractivity contribution in [2.24, 2.45) is 5.92 Å². The smallest absolute Gasteiger partial charge is 0.238 e. The van der Waals surface area contributed by atoms with Crippen molar-refractivity contribution in [2.75, 3.05) is 19.4 Å². The Labute approximate surface area is 223 Å². The number of benzene rings is 2. The van der Waals surface area contributed by atoms with Gasteiger partial charge in [0.15, 0.2) is 11.5 Å². The summed E-state index contributed by atoms with van der Waals surface area (Å²) >= 11 is 12.0. The van der Waals surface area contributed by atoms with E-state index in [0.717, 1.165) is 43.2 Å². The van der Waals surface area contributed by atoms with Crippen LogP contribution in [0.4, 0.5) is 0 Å². The van der Waals surface area contributed by atoms with Crippen LogP contribution in [0.2, 0.25) is 10.0 Å². The fourth-order valence-electron chi connectivity index (χ4n) is 4.33. The van der Waals surface area contributed by atoms with Crippen LogP contribution in [0.25, 0.3) is 0 Å². The summed E-state index contributed by atoms with van der Waals surface area (Å²) in [6.45, 7) is 2.25. The van der Waals surface area contributed by atoms with Crippen molar-refractivity contribution < 1.29 is 22.7 Å². The molecular weight excluding hydrogens is 523 g/mol. The summed E-state index contributed by atoms with van der Waals surface area (Å²) in [7, 11) is -1.92. The summed E-state index contributed by atoms with van der Waals surface area (Å²) in [5.41, 5.74) is 1.84. The lowest BCUT2D eigenvalue weighted by Gasteiger charge is -2.29. The van der Waals surface area contributed by atoms with Crippen molar-refractivity contribution >= 4 is 39.1 Å². The quantitative estimate of drug-likeness (QED) is 0.378. The fourth-order valence-corrected chi connectivity index (χ4v) is 5.50. The van der Waals surface area contributed by atoms with Gasteiger partial charge in [-0.25, -0.2) is 13.1 Å². The minimum Gasteiger partial charge on any atom is -0.493 e. The van der Waals surface area contributed by atoms with Gasteiger partial charge in [-0.05, 0) is 67.5 Å². The summed E-state index contributed by atoms with van der Waals surface area (Å²) in [4.78, 5) is 13.0. The molecule has 2 N–H and O–H groups in total. The molecule has 3 rings (SSSR count). The minimum absolute atomic E-state index is 0.0205. The number of ether oxygens (including phenoxy) is 2. The highest BCUT2D eigenvalue weighted by Crippen LogP contribution is 2.30. The highest BCUT2D eigenvalue weighted by atomic mass is 35.5. The lowest BCUT2D eigenvalue weighted by Crippen LogP contribution is -2.51. The second-order valence-corrected chi connectivity index (χ2v) is 11.8. The van der Waals surface area contributed by atoms with Gasteiger partial charge in [-0.15, -0.1) is 0 Å². The zero-order valence-corrected chi connectivity index (χ0v) is 23.0. The Balaban J connectivity index is 1.58. The van der Waals surface area contributed by atoms with Crippen molar-refractivity contribution in [3.8, 4) is 11.5 Å². The molecule has 1 aliphatic rings. The van der Waals surface area contributed by atoms with Gasteiger partial charge in [-0.3, -0.25) is 4.79 Å². The molecule has 0 unspecified atom stereocenters. The summed E-state index contributed by atoms with van der Waals surface area (Å²) < 4.78 is 38.4. The number of amides is 1. The molecule has 1 fully saturated rings. The van der Waals surface area contributed by atoms with E-state index in [1.165, 1.54) is 0 Å². The van der Waals surface area contributed by atoms with Crippen LogP contribution < -0.4 is 19.5 Å². The van der Waals surface area contributed by atoms with E-state index < -0.39 is 16.1 Å². The van der Waals surface area contributed by atoms with E-state index in [1.54, 1.807) is 26.2 Å². The molecule has 7 nitrogen and oxygen atoms in total. The normalized spacial score (nSPS) is 15.3. The third kappa shape index (κ3) is 8.26. The van der Waals surface area contributed by atoms with Crippen LogP contribution in [0.1, 0.15) is 50.2 Å². The lowest BCUT2D eigenvalue weighted by molar-refractivity contribution is -0.124. The molecule has 0 aliphatic heterocycles. The molecule has 198 valence electrons. The van der Waals surface area contributed by atoms with Crippen LogP contribution in [0.3, 0.4) is 0 Å². The molecule has 36 heavy (non-hydrogen) atoms. The Bertz CT molecular complexity index is 1140. The monoisotopic (exact) mass is 556 g/mol. The van der Waals surface area contributed by atoms with E-state index in [-0.39, 0.29) is 17.6 Å². The first-order valence-electron chi connectivity index (χ1n) is 12.2. The van der Waals surface area contributed by atoms with Crippen LogP contribution in [0, 0.1) is 5.92 Å². The van der Waals surface area contributed by atoms with E-state index in [4.69, 9.17) is 32.7 Å². The SMILES string of the molecule is CCS(=O)(=O)N[C@@H](C(=O)NCCc1ccc(OCc2ccc(Cl)c(Cl)c2)c(OC)c1)C1CCCCC1. The second kappa shape index (κ2) is 13.5. The van der Waals surface area contributed by atoms with E-state index >= 15 is 0 Å². The number of rotatable bonds is 12. The van der Waals surface area contributed by atoms with Crippen molar-refractivity contribution in [3.63, 3.8) is 0 Å². The Morgan fingerprint density at radius 2 is 1.75 bits per heavy atom. The Hall–Kier alpha value is -2.00. The molecule has 2 aromatic rings. The average Bonchev–Trinajstić information content (AvgIpc) is 2.88. The second-order valence-electron chi connectivity index (χ2n) is 8.96. The summed E-state index contributed by atoms with van der Waals surface area (Å²) in [5.74, 6) is 0.861. The number of sulfonamides is 1. The highest BCUT2D eigenvalue weighted by Gasteiger charge is 2.32. The van der Waals surface area contributed by atoms with Crippen LogP contribution in [-0.4, -0.2) is 39.8 Å². The molecule has 0 bridgehead atoms. The maximum absolute atomic E-state index is 13.0. The largest absolute Gasteiger partial charge is 0.493 e. The van der Waals surface area contributed by atoms with Gasteiger partial charge in [-0.2, -0.15) is 0 Å². The molecule has 0 saturated heterocycles. The molecule has 1 saturated carbocycles. The van der Waals surface area contributed by atoms with Gasteiger partial charge in [0.2, 0.25) is 15.9 Å². The first-order valence-corrected chi connectivity index (χ1v) is 14.6. The zero-order chi connectivity index (χ0) is 26.1. The number of hydrogen-bond donors (Lipinski definition) is 2. The molecule has 0 radical (unpaired) electrons. The number of methoxy groups -OCH3 is 1. The van der Waals surface area contributed by atoms with Gasteiger partial charge in [0.1, 0.15) is 12.6 Å². The molecule has 10 heteroatoms. The van der Waals surface area contributed by atoms with Gasteiger partial charge in [-0.1, -0.05) is 54.6 Å². The molecule has 1 atom stereocenters. The topological polar surface area (TPSA) is 93.7 Å². The molecule has 0 heterocycles. The van der Waals surface area contributed by atoms with E-state index in [1.807, 2.05) is 24.3 Å². The lowest BCUT2D eigenvalue weighted by atomic mass is 9.84. The molecule has 1 amide bonds. The van der Waals surface area contributed by atoms with Crippen molar-refractivity contribution in [1.82, 2.24) is 10.0 Å². The molecule has 1 aliphatic carbocycles. The molecule has 2 aromatic carbocycles. The van der Waals surface area contributed by atoms with E-state index in [0.29, 0.717) is 41.1 Å². The van der Waals surface area contributed by atoms with Crippen molar-refractivity contribution in [2.45, 2.75) is 58.1 Å². The van der Waals surface area contributed by atoms with Gasteiger partial charge in [0, 0.05) is 6.54 Å². The van der Waals surface area contributed by atoms with Crippen LogP contribution in [0.5, 0.6) is 11.5 Å².